The van der Waals surface area contributed by atoms with Crippen LogP contribution in [0.15, 0.2) is 48.5 Å². The van der Waals surface area contributed by atoms with Crippen molar-refractivity contribution >= 4 is 17.5 Å². The molecule has 0 saturated heterocycles. The molecule has 6 heteroatoms. The van der Waals surface area contributed by atoms with E-state index in [4.69, 9.17) is 15.2 Å². The van der Waals surface area contributed by atoms with Crippen LogP contribution in [0.2, 0.25) is 0 Å². The summed E-state index contributed by atoms with van der Waals surface area (Å²) in [5.41, 5.74) is 6.12. The fourth-order valence-electron chi connectivity index (χ4n) is 1.93. The smallest absolute Gasteiger partial charge is 0.259 e. The minimum Gasteiger partial charge on any atom is -0.496 e. The Morgan fingerprint density at radius 2 is 1.78 bits per heavy atom. The number of nitrogens with one attached hydrogen (secondary N) is 1. The summed E-state index contributed by atoms with van der Waals surface area (Å²) in [5, 5.41) is 2.79. The molecule has 0 unspecified atom stereocenters. The summed E-state index contributed by atoms with van der Waals surface area (Å²) in [4.78, 5) is 22.9. The van der Waals surface area contributed by atoms with E-state index in [1.807, 2.05) is 0 Å². The summed E-state index contributed by atoms with van der Waals surface area (Å²) in [6, 6.07) is 13.8. The number of para-hydroxylation sites is 1. The molecule has 0 fully saturated rings. The molecule has 0 radical (unpaired) electrons. The fraction of sp³-hybridized carbons (Fsp3) is 0.176. The van der Waals surface area contributed by atoms with E-state index in [9.17, 15) is 9.59 Å². The highest BCUT2D eigenvalue weighted by atomic mass is 16.5. The SMILES string of the molecule is COc1ccccc1C(=O)Nc1ccc(OCCC(N)=O)cc1. The highest BCUT2D eigenvalue weighted by Gasteiger charge is 2.11. The van der Waals surface area contributed by atoms with Crippen molar-refractivity contribution in [2.24, 2.45) is 5.73 Å². The minimum atomic E-state index is -0.411. The summed E-state index contributed by atoms with van der Waals surface area (Å²) >= 11 is 0. The number of carbonyl (C=O) groups excluding carboxylic acids is 2. The van der Waals surface area contributed by atoms with E-state index in [-0.39, 0.29) is 18.9 Å². The molecule has 0 aliphatic rings. The number of hydrogen-bond donors (Lipinski definition) is 2. The van der Waals surface area contributed by atoms with Gasteiger partial charge in [0.15, 0.2) is 0 Å². The molecular formula is C17H18N2O4. The lowest BCUT2D eigenvalue weighted by atomic mass is 10.2. The molecule has 0 heterocycles. The maximum atomic E-state index is 12.3. The molecular weight excluding hydrogens is 296 g/mol. The van der Waals surface area contributed by atoms with Crippen molar-refractivity contribution in [2.45, 2.75) is 6.42 Å². The normalized spacial score (nSPS) is 9.96. The third-order valence-corrected chi connectivity index (χ3v) is 3.08. The van der Waals surface area contributed by atoms with Crippen LogP contribution >= 0.6 is 0 Å². The van der Waals surface area contributed by atoms with Crippen LogP contribution in [0.1, 0.15) is 16.8 Å². The number of ether oxygens (including phenoxy) is 2. The van der Waals surface area contributed by atoms with Crippen molar-refractivity contribution in [3.8, 4) is 11.5 Å². The predicted molar refractivity (Wildman–Crippen MR) is 86.7 cm³/mol. The van der Waals surface area contributed by atoms with Crippen LogP contribution in [0.25, 0.3) is 0 Å². The van der Waals surface area contributed by atoms with Gasteiger partial charge in [0.25, 0.3) is 5.91 Å². The van der Waals surface area contributed by atoms with Gasteiger partial charge in [0.1, 0.15) is 11.5 Å². The highest BCUT2D eigenvalue weighted by Crippen LogP contribution is 2.20. The Bertz CT molecular complexity index is 683. The monoisotopic (exact) mass is 314 g/mol. The molecule has 120 valence electrons. The molecule has 0 aromatic heterocycles. The third-order valence-electron chi connectivity index (χ3n) is 3.08. The van der Waals surface area contributed by atoms with Crippen LogP contribution in [0.5, 0.6) is 11.5 Å². The molecule has 0 aliphatic carbocycles. The second kappa shape index (κ2) is 7.84. The molecule has 23 heavy (non-hydrogen) atoms. The molecule has 0 saturated carbocycles. The minimum absolute atomic E-state index is 0.159. The maximum Gasteiger partial charge on any atom is 0.259 e. The average molecular weight is 314 g/mol. The highest BCUT2D eigenvalue weighted by molar-refractivity contribution is 6.06. The summed E-state index contributed by atoms with van der Waals surface area (Å²) in [6.07, 6.45) is 0.159. The van der Waals surface area contributed by atoms with Crippen LogP contribution in [0, 0.1) is 0 Å². The van der Waals surface area contributed by atoms with Crippen molar-refractivity contribution in [3.05, 3.63) is 54.1 Å². The molecule has 0 bridgehead atoms. The van der Waals surface area contributed by atoms with Gasteiger partial charge < -0.3 is 20.5 Å². The lowest BCUT2D eigenvalue weighted by Gasteiger charge is -2.10. The fourth-order valence-corrected chi connectivity index (χ4v) is 1.93. The van der Waals surface area contributed by atoms with Gasteiger partial charge in [0.2, 0.25) is 5.91 Å². The molecule has 0 atom stereocenters. The second-order valence-electron chi connectivity index (χ2n) is 4.74. The Hall–Kier alpha value is -3.02. The van der Waals surface area contributed by atoms with Crippen LogP contribution in [0.3, 0.4) is 0 Å². The van der Waals surface area contributed by atoms with E-state index in [1.54, 1.807) is 48.5 Å². The molecule has 6 nitrogen and oxygen atoms in total. The zero-order valence-electron chi connectivity index (χ0n) is 12.7. The zero-order valence-corrected chi connectivity index (χ0v) is 12.7. The number of rotatable bonds is 7. The van der Waals surface area contributed by atoms with E-state index in [2.05, 4.69) is 5.32 Å². The first kappa shape index (κ1) is 16.4. The Morgan fingerprint density at radius 1 is 1.09 bits per heavy atom. The van der Waals surface area contributed by atoms with Crippen LogP contribution < -0.4 is 20.5 Å². The van der Waals surface area contributed by atoms with Gasteiger partial charge in [-0.25, -0.2) is 0 Å². The molecule has 3 N–H and O–H groups in total. The summed E-state index contributed by atoms with van der Waals surface area (Å²) in [6.45, 7) is 0.224. The standard InChI is InChI=1S/C17H18N2O4/c1-22-15-5-3-2-4-14(15)17(21)19-12-6-8-13(9-7-12)23-11-10-16(18)20/h2-9H,10-11H2,1H3,(H2,18,20)(H,19,21). The van der Waals surface area contributed by atoms with Crippen molar-refractivity contribution < 1.29 is 19.1 Å². The van der Waals surface area contributed by atoms with Gasteiger partial charge >= 0.3 is 0 Å². The molecule has 2 aromatic carbocycles. The summed E-state index contributed by atoms with van der Waals surface area (Å²) < 4.78 is 10.5. The van der Waals surface area contributed by atoms with Crippen LogP contribution in [0.4, 0.5) is 5.69 Å². The number of hydrogen-bond acceptors (Lipinski definition) is 4. The first-order valence-corrected chi connectivity index (χ1v) is 7.05. The molecule has 0 spiro atoms. The molecule has 2 aromatic rings. The van der Waals surface area contributed by atoms with Gasteiger partial charge in [-0.15, -0.1) is 0 Å². The maximum absolute atomic E-state index is 12.3. The number of primary amides is 1. The van der Waals surface area contributed by atoms with E-state index in [0.717, 1.165) is 0 Å². The molecule has 0 aliphatic heterocycles. The van der Waals surface area contributed by atoms with Gasteiger partial charge in [0.05, 0.1) is 25.7 Å². The van der Waals surface area contributed by atoms with Gasteiger partial charge in [-0.2, -0.15) is 0 Å². The average Bonchev–Trinajstić information content (AvgIpc) is 2.56. The number of benzene rings is 2. The molecule has 2 amide bonds. The van der Waals surface area contributed by atoms with Gasteiger partial charge in [0, 0.05) is 5.69 Å². The number of amides is 2. The van der Waals surface area contributed by atoms with Crippen LogP contribution in [-0.4, -0.2) is 25.5 Å². The Morgan fingerprint density at radius 3 is 2.43 bits per heavy atom. The lowest BCUT2D eigenvalue weighted by molar-refractivity contribution is -0.118. The van der Waals surface area contributed by atoms with E-state index in [0.29, 0.717) is 22.7 Å². The first-order valence-electron chi connectivity index (χ1n) is 7.05. The van der Waals surface area contributed by atoms with E-state index in [1.165, 1.54) is 7.11 Å². The topological polar surface area (TPSA) is 90.7 Å². The largest absolute Gasteiger partial charge is 0.496 e. The van der Waals surface area contributed by atoms with Crippen LogP contribution in [-0.2, 0) is 4.79 Å². The Kier molecular flexibility index (Phi) is 5.57. The Balaban J connectivity index is 1.97. The van der Waals surface area contributed by atoms with Crippen molar-refractivity contribution in [2.75, 3.05) is 19.0 Å². The molecule has 2 rings (SSSR count). The van der Waals surface area contributed by atoms with E-state index >= 15 is 0 Å². The lowest BCUT2D eigenvalue weighted by Crippen LogP contribution is -2.14. The quantitative estimate of drug-likeness (QED) is 0.819. The number of nitrogens with two attached hydrogens (primary N) is 1. The Labute approximate surface area is 134 Å². The third kappa shape index (κ3) is 4.74. The van der Waals surface area contributed by atoms with Crippen molar-refractivity contribution in [1.29, 1.82) is 0 Å². The van der Waals surface area contributed by atoms with Crippen molar-refractivity contribution in [3.63, 3.8) is 0 Å². The zero-order chi connectivity index (χ0) is 16.7. The van der Waals surface area contributed by atoms with E-state index < -0.39 is 5.91 Å². The second-order valence-corrected chi connectivity index (χ2v) is 4.74. The summed E-state index contributed by atoms with van der Waals surface area (Å²) in [7, 11) is 1.52. The van der Waals surface area contributed by atoms with Gasteiger partial charge in [-0.1, -0.05) is 12.1 Å². The number of anilines is 1. The predicted octanol–water partition coefficient (Wildman–Crippen LogP) is 2.20. The van der Waals surface area contributed by atoms with Gasteiger partial charge in [-0.05, 0) is 36.4 Å². The van der Waals surface area contributed by atoms with Gasteiger partial charge in [-0.3, -0.25) is 9.59 Å². The van der Waals surface area contributed by atoms with Crippen molar-refractivity contribution in [1.82, 2.24) is 0 Å². The summed E-state index contributed by atoms with van der Waals surface area (Å²) in [5.74, 6) is 0.438. The number of methoxy groups -OCH3 is 1. The first-order chi connectivity index (χ1) is 11.1. The number of carbonyl (C=O) groups is 2.